The Morgan fingerprint density at radius 2 is 2.04 bits per heavy atom. The monoisotopic (exact) mass is 397 g/mol. The Labute approximate surface area is 167 Å². The Kier molecular flexibility index (Phi) is 5.36. The maximum atomic E-state index is 6.37. The number of unbranched alkanes of at least 4 members (excludes halogenated alkanes) is 1. The number of halogens is 1. The number of aromatic nitrogens is 4. The number of hydrogen-bond donors (Lipinski definition) is 0. The summed E-state index contributed by atoms with van der Waals surface area (Å²) in [4.78, 5) is 6.55. The molecule has 0 fully saturated rings. The van der Waals surface area contributed by atoms with Gasteiger partial charge >= 0.3 is 0 Å². The Morgan fingerprint density at radius 3 is 2.89 bits per heavy atom. The van der Waals surface area contributed by atoms with Crippen LogP contribution in [0.5, 0.6) is 0 Å². The molecule has 7 heteroatoms. The first-order chi connectivity index (χ1) is 13.2. The van der Waals surface area contributed by atoms with Gasteiger partial charge in [-0.2, -0.15) is 0 Å². The predicted octanol–water partition coefficient (Wildman–Crippen LogP) is 5.31. The van der Waals surface area contributed by atoms with E-state index in [9.17, 15) is 0 Å². The number of rotatable bonds is 7. The molecule has 0 amide bonds. The van der Waals surface area contributed by atoms with Crippen LogP contribution in [0.4, 0.5) is 5.13 Å². The molecule has 1 aromatic carbocycles. The third-order valence-electron chi connectivity index (χ3n) is 4.42. The topological polar surface area (TPSA) is 46.3 Å². The van der Waals surface area contributed by atoms with Crippen molar-refractivity contribution in [2.24, 2.45) is 0 Å². The maximum Gasteiger partial charge on any atom is 0.208 e. The van der Waals surface area contributed by atoms with Crippen LogP contribution in [-0.4, -0.2) is 26.1 Å². The van der Waals surface area contributed by atoms with Crippen LogP contribution in [0.15, 0.2) is 55.0 Å². The van der Waals surface area contributed by atoms with Gasteiger partial charge in [-0.05, 0) is 30.2 Å². The molecule has 0 N–H and O–H groups in total. The van der Waals surface area contributed by atoms with E-state index in [-0.39, 0.29) is 0 Å². The van der Waals surface area contributed by atoms with E-state index in [4.69, 9.17) is 11.6 Å². The average Bonchev–Trinajstić information content (AvgIpc) is 3.35. The van der Waals surface area contributed by atoms with E-state index in [1.807, 2.05) is 47.1 Å². The Morgan fingerprint density at radius 1 is 1.15 bits per heavy atom. The summed E-state index contributed by atoms with van der Waals surface area (Å²) in [6, 6.07) is 12.0. The minimum atomic E-state index is 0.731. The van der Waals surface area contributed by atoms with Crippen LogP contribution < -0.4 is 4.90 Å². The van der Waals surface area contributed by atoms with Crippen LogP contribution >= 0.6 is 22.9 Å². The molecule has 0 aliphatic carbocycles. The van der Waals surface area contributed by atoms with Gasteiger partial charge in [0, 0.05) is 42.3 Å². The van der Waals surface area contributed by atoms with Crippen molar-refractivity contribution in [1.29, 1.82) is 0 Å². The molecule has 0 atom stereocenters. The highest BCUT2D eigenvalue weighted by Gasteiger charge is 2.15. The summed E-state index contributed by atoms with van der Waals surface area (Å²) in [7, 11) is 0. The zero-order valence-corrected chi connectivity index (χ0v) is 16.6. The highest BCUT2D eigenvalue weighted by atomic mass is 35.5. The number of nitrogens with zero attached hydrogens (tertiary/aromatic N) is 5. The predicted molar refractivity (Wildman–Crippen MR) is 112 cm³/mol. The van der Waals surface area contributed by atoms with Gasteiger partial charge in [-0.1, -0.05) is 54.5 Å². The second kappa shape index (κ2) is 8.06. The third-order valence-corrected chi connectivity index (χ3v) is 5.82. The first-order valence-electron chi connectivity index (χ1n) is 8.99. The lowest BCUT2D eigenvalue weighted by atomic mass is 10.2. The minimum absolute atomic E-state index is 0.731. The van der Waals surface area contributed by atoms with Gasteiger partial charge in [0.05, 0.1) is 0 Å². The highest BCUT2D eigenvalue weighted by Crippen LogP contribution is 2.30. The Hall–Kier alpha value is -2.44. The molecule has 138 valence electrons. The second-order valence-corrected chi connectivity index (χ2v) is 7.73. The van der Waals surface area contributed by atoms with E-state index in [1.54, 1.807) is 17.5 Å². The molecule has 5 nitrogen and oxygen atoms in total. The standard InChI is InChI=1S/C20H20ClN5S/c1-2-3-11-26(13-15-6-4-5-7-17(15)21)20-24-23-19(27-20)16-8-9-18-22-10-12-25(18)14-16/h4-10,12,14H,2-3,11,13H2,1H3. The zero-order valence-electron chi connectivity index (χ0n) is 15.0. The summed E-state index contributed by atoms with van der Waals surface area (Å²) in [5.41, 5.74) is 3.07. The van der Waals surface area contributed by atoms with Gasteiger partial charge in [-0.25, -0.2) is 4.98 Å². The summed E-state index contributed by atoms with van der Waals surface area (Å²) in [5.74, 6) is 0. The fraction of sp³-hybridized carbons (Fsp3) is 0.250. The lowest BCUT2D eigenvalue weighted by molar-refractivity contribution is 0.710. The summed E-state index contributed by atoms with van der Waals surface area (Å²) in [6.07, 6.45) is 7.99. The quantitative estimate of drug-likeness (QED) is 0.423. The number of hydrogen-bond acceptors (Lipinski definition) is 5. The first kappa shape index (κ1) is 17.9. The van der Waals surface area contributed by atoms with Gasteiger partial charge in [-0.15, -0.1) is 10.2 Å². The van der Waals surface area contributed by atoms with Gasteiger partial charge in [-0.3, -0.25) is 0 Å². The summed E-state index contributed by atoms with van der Waals surface area (Å²) < 4.78 is 2.00. The number of pyridine rings is 1. The van der Waals surface area contributed by atoms with Crippen LogP contribution in [0.2, 0.25) is 5.02 Å². The van der Waals surface area contributed by atoms with Gasteiger partial charge in [0.1, 0.15) is 5.65 Å². The fourth-order valence-electron chi connectivity index (χ4n) is 2.93. The van der Waals surface area contributed by atoms with Crippen molar-refractivity contribution in [3.05, 3.63) is 65.6 Å². The molecular formula is C20H20ClN5S. The number of benzene rings is 1. The lowest BCUT2D eigenvalue weighted by Crippen LogP contribution is -2.23. The molecule has 0 saturated carbocycles. The van der Waals surface area contributed by atoms with Crippen molar-refractivity contribution in [2.45, 2.75) is 26.3 Å². The molecule has 3 aromatic heterocycles. The van der Waals surface area contributed by atoms with Gasteiger partial charge in [0.25, 0.3) is 0 Å². The smallest absolute Gasteiger partial charge is 0.208 e. The molecule has 4 aromatic rings. The molecule has 0 bridgehead atoms. The number of anilines is 1. The normalized spacial score (nSPS) is 11.2. The van der Waals surface area contributed by atoms with E-state index in [0.717, 1.165) is 57.9 Å². The van der Waals surface area contributed by atoms with E-state index >= 15 is 0 Å². The Bertz CT molecular complexity index is 1040. The van der Waals surface area contributed by atoms with Crippen molar-refractivity contribution in [2.75, 3.05) is 11.4 Å². The maximum absolute atomic E-state index is 6.37. The Balaban J connectivity index is 1.61. The largest absolute Gasteiger partial charge is 0.342 e. The van der Waals surface area contributed by atoms with Gasteiger partial charge in [0.15, 0.2) is 5.01 Å². The van der Waals surface area contributed by atoms with Crippen LogP contribution in [-0.2, 0) is 6.54 Å². The number of imidazole rings is 1. The van der Waals surface area contributed by atoms with E-state index in [1.165, 1.54) is 0 Å². The summed E-state index contributed by atoms with van der Waals surface area (Å²) in [5, 5.41) is 11.5. The summed E-state index contributed by atoms with van der Waals surface area (Å²) in [6.45, 7) is 3.85. The highest BCUT2D eigenvalue weighted by molar-refractivity contribution is 7.18. The van der Waals surface area contributed by atoms with E-state index < -0.39 is 0 Å². The van der Waals surface area contributed by atoms with Crippen LogP contribution in [0, 0.1) is 0 Å². The number of fused-ring (bicyclic) bond motifs is 1. The molecule has 4 rings (SSSR count). The lowest BCUT2D eigenvalue weighted by Gasteiger charge is -2.21. The third kappa shape index (κ3) is 3.96. The summed E-state index contributed by atoms with van der Waals surface area (Å²) >= 11 is 7.98. The molecule has 0 unspecified atom stereocenters. The van der Waals surface area contributed by atoms with Crippen molar-refractivity contribution >= 4 is 33.7 Å². The van der Waals surface area contributed by atoms with Crippen LogP contribution in [0.1, 0.15) is 25.3 Å². The van der Waals surface area contributed by atoms with Crippen LogP contribution in [0.25, 0.3) is 16.2 Å². The van der Waals surface area contributed by atoms with E-state index in [0.29, 0.717) is 0 Å². The van der Waals surface area contributed by atoms with Crippen molar-refractivity contribution in [1.82, 2.24) is 19.6 Å². The van der Waals surface area contributed by atoms with Gasteiger partial charge < -0.3 is 9.30 Å². The van der Waals surface area contributed by atoms with Crippen LogP contribution in [0.3, 0.4) is 0 Å². The van der Waals surface area contributed by atoms with Crippen molar-refractivity contribution in [3.8, 4) is 10.6 Å². The molecule has 0 radical (unpaired) electrons. The molecule has 0 aliphatic heterocycles. The molecular weight excluding hydrogens is 378 g/mol. The fourth-order valence-corrected chi connectivity index (χ4v) is 3.99. The van der Waals surface area contributed by atoms with E-state index in [2.05, 4.69) is 33.1 Å². The zero-order chi connectivity index (χ0) is 18.6. The minimum Gasteiger partial charge on any atom is -0.342 e. The molecule has 0 saturated heterocycles. The molecule has 0 spiro atoms. The van der Waals surface area contributed by atoms with Gasteiger partial charge in [0.2, 0.25) is 5.13 Å². The molecule has 27 heavy (non-hydrogen) atoms. The molecule has 0 aliphatic rings. The first-order valence-corrected chi connectivity index (χ1v) is 10.2. The van der Waals surface area contributed by atoms with Crippen molar-refractivity contribution in [3.63, 3.8) is 0 Å². The second-order valence-electron chi connectivity index (χ2n) is 6.37. The SMILES string of the molecule is CCCCN(Cc1ccccc1Cl)c1nnc(-c2ccc3nccn3c2)s1. The van der Waals surface area contributed by atoms with Crippen molar-refractivity contribution < 1.29 is 0 Å². The average molecular weight is 398 g/mol. The molecule has 3 heterocycles.